The molecule has 0 spiro atoms. The lowest BCUT2D eigenvalue weighted by Gasteiger charge is -1.99. The summed E-state index contributed by atoms with van der Waals surface area (Å²) >= 11 is 5.71. The van der Waals surface area contributed by atoms with E-state index in [0.717, 1.165) is 0 Å². The molecule has 1 aromatic heterocycles. The Morgan fingerprint density at radius 3 is 2.24 bits per heavy atom. The Kier molecular flexibility index (Phi) is 3.11. The van der Waals surface area contributed by atoms with Gasteiger partial charge in [0.25, 0.3) is 5.78 Å². The van der Waals surface area contributed by atoms with E-state index in [1.165, 1.54) is 18.4 Å². The lowest BCUT2D eigenvalue weighted by molar-refractivity contribution is 0.0800. The molecular weight excluding hydrogens is 240 g/mol. The average molecular weight is 249 g/mol. The van der Waals surface area contributed by atoms with Gasteiger partial charge in [-0.25, -0.2) is 0 Å². The van der Waals surface area contributed by atoms with Crippen LogP contribution in [-0.2, 0) is 0 Å². The summed E-state index contributed by atoms with van der Waals surface area (Å²) in [5.41, 5.74) is 0.951. The molecule has 0 aliphatic heterocycles. The highest BCUT2D eigenvalue weighted by Crippen LogP contribution is 2.15. The van der Waals surface area contributed by atoms with E-state index >= 15 is 0 Å². The van der Waals surface area contributed by atoms with Crippen LogP contribution in [0.2, 0.25) is 5.02 Å². The van der Waals surface area contributed by atoms with Crippen LogP contribution in [0.3, 0.4) is 0 Å². The molecule has 17 heavy (non-hydrogen) atoms. The number of hydrogen-bond donors (Lipinski definition) is 0. The first-order valence-electron chi connectivity index (χ1n) is 4.98. The third kappa shape index (κ3) is 2.29. The molecule has 0 amide bonds. The average Bonchev–Trinajstić information content (AvgIpc) is 2.74. The normalized spacial score (nSPS) is 10.2. The van der Waals surface area contributed by atoms with E-state index in [-0.39, 0.29) is 5.76 Å². The maximum absolute atomic E-state index is 11.9. The van der Waals surface area contributed by atoms with Crippen molar-refractivity contribution in [1.82, 2.24) is 0 Å². The summed E-state index contributed by atoms with van der Waals surface area (Å²) in [5, 5.41) is 0.517. The molecule has 86 valence electrons. The molecule has 2 aromatic rings. The summed E-state index contributed by atoms with van der Waals surface area (Å²) in [6.45, 7) is 1.71. The van der Waals surface area contributed by atoms with Crippen LogP contribution in [0.5, 0.6) is 0 Å². The molecule has 0 N–H and O–H groups in total. The van der Waals surface area contributed by atoms with Crippen molar-refractivity contribution in [2.24, 2.45) is 0 Å². The third-order valence-corrected chi connectivity index (χ3v) is 2.63. The molecule has 0 unspecified atom stereocenters. The minimum atomic E-state index is -0.644. The standard InChI is InChI=1S/C13H9ClO3/c1-8-6-7-17-13(8)12(16)11(15)9-2-4-10(14)5-3-9/h2-7H,1H3. The molecule has 4 heteroatoms. The van der Waals surface area contributed by atoms with Crippen molar-refractivity contribution in [3.05, 3.63) is 58.5 Å². The second-order valence-corrected chi connectivity index (χ2v) is 4.03. The van der Waals surface area contributed by atoms with Crippen molar-refractivity contribution in [2.45, 2.75) is 6.92 Å². The molecule has 0 bridgehead atoms. The number of benzene rings is 1. The number of rotatable bonds is 3. The van der Waals surface area contributed by atoms with Crippen LogP contribution in [0.1, 0.15) is 26.5 Å². The molecule has 0 fully saturated rings. The largest absolute Gasteiger partial charge is 0.460 e. The maximum Gasteiger partial charge on any atom is 0.268 e. The summed E-state index contributed by atoms with van der Waals surface area (Å²) in [6, 6.07) is 7.80. The van der Waals surface area contributed by atoms with Crippen molar-refractivity contribution in [2.75, 3.05) is 0 Å². The van der Waals surface area contributed by atoms with Crippen LogP contribution in [-0.4, -0.2) is 11.6 Å². The highest BCUT2D eigenvalue weighted by Gasteiger charge is 2.22. The van der Waals surface area contributed by atoms with Crippen molar-refractivity contribution < 1.29 is 14.0 Å². The van der Waals surface area contributed by atoms with Gasteiger partial charge in [0.15, 0.2) is 5.76 Å². The van der Waals surface area contributed by atoms with E-state index in [2.05, 4.69) is 0 Å². The fourth-order valence-corrected chi connectivity index (χ4v) is 1.57. The Balaban J connectivity index is 2.30. The van der Waals surface area contributed by atoms with E-state index in [0.29, 0.717) is 16.1 Å². The predicted octanol–water partition coefficient (Wildman–Crippen LogP) is 3.31. The van der Waals surface area contributed by atoms with Crippen LogP contribution in [0.15, 0.2) is 41.0 Å². The van der Waals surface area contributed by atoms with Crippen LogP contribution in [0.25, 0.3) is 0 Å². The summed E-state index contributed by atoms with van der Waals surface area (Å²) in [7, 11) is 0. The van der Waals surface area contributed by atoms with E-state index in [1.807, 2.05) is 0 Å². The first kappa shape index (κ1) is 11.6. The first-order chi connectivity index (χ1) is 8.09. The smallest absolute Gasteiger partial charge is 0.268 e. The summed E-state index contributed by atoms with van der Waals surface area (Å²) < 4.78 is 5.00. The molecule has 3 nitrogen and oxygen atoms in total. The van der Waals surface area contributed by atoms with Gasteiger partial charge in [0, 0.05) is 10.6 Å². The predicted molar refractivity (Wildman–Crippen MR) is 63.6 cm³/mol. The molecule has 0 aliphatic carbocycles. The molecule has 0 saturated heterocycles. The van der Waals surface area contributed by atoms with E-state index in [1.54, 1.807) is 25.1 Å². The monoisotopic (exact) mass is 248 g/mol. The zero-order chi connectivity index (χ0) is 12.4. The summed E-state index contributed by atoms with van der Waals surface area (Å²) in [4.78, 5) is 23.7. The van der Waals surface area contributed by atoms with Gasteiger partial charge in [-0.3, -0.25) is 9.59 Å². The minimum Gasteiger partial charge on any atom is -0.460 e. The molecule has 0 atom stereocenters. The number of aryl methyl sites for hydroxylation is 1. The molecule has 1 aromatic carbocycles. The zero-order valence-corrected chi connectivity index (χ0v) is 9.82. The zero-order valence-electron chi connectivity index (χ0n) is 9.07. The maximum atomic E-state index is 11.9. The highest BCUT2D eigenvalue weighted by atomic mass is 35.5. The van der Waals surface area contributed by atoms with Gasteiger partial charge in [0.2, 0.25) is 5.78 Å². The van der Waals surface area contributed by atoms with E-state index < -0.39 is 11.6 Å². The fraction of sp³-hybridized carbons (Fsp3) is 0.0769. The summed E-state index contributed by atoms with van der Waals surface area (Å²) in [6.07, 6.45) is 1.39. The van der Waals surface area contributed by atoms with Crippen molar-refractivity contribution in [1.29, 1.82) is 0 Å². The number of ketones is 2. The lowest BCUT2D eigenvalue weighted by Crippen LogP contribution is -2.14. The molecule has 0 aliphatic rings. The number of halogens is 1. The quantitative estimate of drug-likeness (QED) is 0.618. The van der Waals surface area contributed by atoms with Crippen molar-refractivity contribution in [3.8, 4) is 0 Å². The highest BCUT2D eigenvalue weighted by molar-refractivity contribution is 6.48. The Morgan fingerprint density at radius 1 is 1.06 bits per heavy atom. The second kappa shape index (κ2) is 4.55. The van der Waals surface area contributed by atoms with Gasteiger partial charge in [0.1, 0.15) is 0 Å². The van der Waals surface area contributed by atoms with Crippen molar-refractivity contribution >= 4 is 23.2 Å². The number of carbonyl (C=O) groups is 2. The number of Topliss-reactive ketones (excluding diaryl/α,β-unsaturated/α-hetero) is 2. The first-order valence-corrected chi connectivity index (χ1v) is 5.36. The van der Waals surface area contributed by atoms with Gasteiger partial charge in [-0.1, -0.05) is 11.6 Å². The Labute approximate surface area is 103 Å². The topological polar surface area (TPSA) is 47.3 Å². The van der Waals surface area contributed by atoms with Gasteiger partial charge >= 0.3 is 0 Å². The Hall–Kier alpha value is -1.87. The number of hydrogen-bond acceptors (Lipinski definition) is 3. The second-order valence-electron chi connectivity index (χ2n) is 3.60. The minimum absolute atomic E-state index is 0.0879. The van der Waals surface area contributed by atoms with Crippen LogP contribution < -0.4 is 0 Å². The van der Waals surface area contributed by atoms with Gasteiger partial charge in [-0.15, -0.1) is 0 Å². The number of carbonyl (C=O) groups excluding carboxylic acids is 2. The van der Waals surface area contributed by atoms with Crippen molar-refractivity contribution in [3.63, 3.8) is 0 Å². The molecule has 0 saturated carbocycles. The molecular formula is C13H9ClO3. The third-order valence-electron chi connectivity index (χ3n) is 2.38. The van der Waals surface area contributed by atoms with E-state index in [4.69, 9.17) is 16.0 Å². The van der Waals surface area contributed by atoms with Gasteiger partial charge < -0.3 is 4.42 Å². The Bertz CT molecular complexity index is 567. The van der Waals surface area contributed by atoms with Crippen LogP contribution in [0, 0.1) is 6.92 Å². The van der Waals surface area contributed by atoms with Gasteiger partial charge in [-0.2, -0.15) is 0 Å². The lowest BCUT2D eigenvalue weighted by atomic mass is 10.0. The fourth-order valence-electron chi connectivity index (χ4n) is 1.44. The molecule has 0 radical (unpaired) electrons. The Morgan fingerprint density at radius 2 is 1.71 bits per heavy atom. The van der Waals surface area contributed by atoms with Gasteiger partial charge in [-0.05, 0) is 42.8 Å². The number of furan rings is 1. The van der Waals surface area contributed by atoms with Crippen LogP contribution >= 0.6 is 11.6 Å². The van der Waals surface area contributed by atoms with Crippen LogP contribution in [0.4, 0.5) is 0 Å². The SMILES string of the molecule is Cc1ccoc1C(=O)C(=O)c1ccc(Cl)cc1. The molecule has 2 rings (SSSR count). The van der Waals surface area contributed by atoms with Gasteiger partial charge in [0.05, 0.1) is 6.26 Å². The summed E-state index contributed by atoms with van der Waals surface area (Å²) in [5.74, 6) is -1.15. The molecule has 1 heterocycles. The van der Waals surface area contributed by atoms with E-state index in [9.17, 15) is 9.59 Å².